The predicted molar refractivity (Wildman–Crippen MR) is 43.3 cm³/mol. The van der Waals surface area contributed by atoms with E-state index >= 15 is 0 Å². The summed E-state index contributed by atoms with van der Waals surface area (Å²) in [6.07, 6.45) is 3.35. The molecule has 0 saturated carbocycles. The van der Waals surface area contributed by atoms with Crippen molar-refractivity contribution in [1.82, 2.24) is 4.57 Å². The first kappa shape index (κ1) is 7.09. The molecule has 4 heteroatoms. The Morgan fingerprint density at radius 2 is 2.25 bits per heavy atom. The Bertz CT molecular complexity index is 314. The predicted octanol–water partition coefficient (Wildman–Crippen LogP) is 0.557. The highest BCUT2D eigenvalue weighted by Crippen LogP contribution is 1.99. The second-order valence-corrected chi connectivity index (χ2v) is 2.43. The van der Waals surface area contributed by atoms with Crippen molar-refractivity contribution in [2.45, 2.75) is 0 Å². The molecule has 0 aliphatic carbocycles. The average Bonchev–Trinajstić information content (AvgIpc) is 2.77. The number of carbonyl (C=O) groups is 1. The smallest absolute Gasteiger partial charge is 0.316 e. The monoisotopic (exact) mass is 164 g/mol. The van der Waals surface area contributed by atoms with E-state index in [0.29, 0.717) is 13.2 Å². The van der Waals surface area contributed by atoms with E-state index in [4.69, 9.17) is 4.74 Å². The van der Waals surface area contributed by atoms with Crippen molar-refractivity contribution in [3.8, 4) is 0 Å². The minimum Gasteiger partial charge on any atom is -0.472 e. The molecule has 0 spiro atoms. The van der Waals surface area contributed by atoms with Crippen LogP contribution in [0.4, 0.5) is 0 Å². The molecule has 62 valence electrons. The van der Waals surface area contributed by atoms with Crippen molar-refractivity contribution in [2.75, 3.05) is 13.2 Å². The topological polar surface area (TPSA) is 43.6 Å². The number of aromatic nitrogens is 1. The first-order valence-corrected chi connectivity index (χ1v) is 3.73. The van der Waals surface area contributed by atoms with Gasteiger partial charge in [-0.1, -0.05) is 0 Å². The average molecular weight is 164 g/mol. The van der Waals surface area contributed by atoms with Crippen LogP contribution >= 0.6 is 0 Å². The molecule has 0 fully saturated rings. The van der Waals surface area contributed by atoms with Gasteiger partial charge in [-0.25, -0.2) is 4.99 Å². The van der Waals surface area contributed by atoms with Gasteiger partial charge in [0.15, 0.2) is 0 Å². The summed E-state index contributed by atoms with van der Waals surface area (Å²) >= 11 is 0. The van der Waals surface area contributed by atoms with E-state index < -0.39 is 0 Å². The Labute approximate surface area is 69.5 Å². The minimum atomic E-state index is -0.197. The number of ether oxygens (including phenoxy) is 1. The maximum absolute atomic E-state index is 11.4. The van der Waals surface area contributed by atoms with Crippen molar-refractivity contribution < 1.29 is 9.53 Å². The summed E-state index contributed by atoms with van der Waals surface area (Å²) in [6, 6.07) is 3.57. The summed E-state index contributed by atoms with van der Waals surface area (Å²) < 4.78 is 6.47. The first-order valence-electron chi connectivity index (χ1n) is 3.73. The zero-order chi connectivity index (χ0) is 8.39. The van der Waals surface area contributed by atoms with Gasteiger partial charge < -0.3 is 4.74 Å². The number of hydrogen-bond donors (Lipinski definition) is 0. The number of nitrogens with zero attached hydrogens (tertiary/aromatic N) is 2. The molecule has 0 N–H and O–H groups in total. The van der Waals surface area contributed by atoms with Gasteiger partial charge in [-0.05, 0) is 12.1 Å². The molecule has 0 bridgehead atoms. The second-order valence-electron chi connectivity index (χ2n) is 2.43. The van der Waals surface area contributed by atoms with Crippen LogP contribution in [-0.2, 0) is 4.74 Å². The molecule has 2 heterocycles. The molecule has 12 heavy (non-hydrogen) atoms. The molecule has 0 unspecified atom stereocenters. The molecule has 0 atom stereocenters. The van der Waals surface area contributed by atoms with Crippen LogP contribution in [0.25, 0.3) is 0 Å². The fourth-order valence-corrected chi connectivity index (χ4v) is 1.04. The Kier molecular flexibility index (Phi) is 1.66. The fraction of sp³-hybridized carbons (Fsp3) is 0.250. The lowest BCUT2D eigenvalue weighted by Crippen LogP contribution is -2.20. The van der Waals surface area contributed by atoms with Gasteiger partial charge in [-0.15, -0.1) is 0 Å². The van der Waals surface area contributed by atoms with E-state index in [1.807, 2.05) is 0 Å². The van der Waals surface area contributed by atoms with Crippen LogP contribution in [-0.4, -0.2) is 29.5 Å². The Morgan fingerprint density at radius 3 is 2.83 bits per heavy atom. The van der Waals surface area contributed by atoms with E-state index in [1.54, 1.807) is 24.5 Å². The quantitative estimate of drug-likeness (QED) is 0.608. The van der Waals surface area contributed by atoms with Gasteiger partial charge in [-0.2, -0.15) is 0 Å². The van der Waals surface area contributed by atoms with Crippen LogP contribution in [0.2, 0.25) is 0 Å². The van der Waals surface area contributed by atoms with Crippen LogP contribution in [0.3, 0.4) is 0 Å². The Hall–Kier alpha value is -1.58. The minimum absolute atomic E-state index is 0.197. The van der Waals surface area contributed by atoms with Crippen molar-refractivity contribution in [1.29, 1.82) is 0 Å². The van der Waals surface area contributed by atoms with Crippen LogP contribution in [0.5, 0.6) is 0 Å². The second kappa shape index (κ2) is 2.81. The number of aliphatic imine (C=N–C) groups is 1. The van der Waals surface area contributed by atoms with Crippen molar-refractivity contribution >= 4 is 11.8 Å². The van der Waals surface area contributed by atoms with E-state index in [9.17, 15) is 4.79 Å². The third-order valence-electron chi connectivity index (χ3n) is 1.61. The van der Waals surface area contributed by atoms with Gasteiger partial charge in [0, 0.05) is 12.4 Å². The third kappa shape index (κ3) is 1.11. The summed E-state index contributed by atoms with van der Waals surface area (Å²) in [5.41, 5.74) is 0. The maximum Gasteiger partial charge on any atom is 0.316 e. The number of rotatable bonds is 1. The maximum atomic E-state index is 11.4. The molecular formula is C8H8N2O2. The molecule has 0 saturated heterocycles. The lowest BCUT2D eigenvalue weighted by atomic mass is 10.6. The van der Waals surface area contributed by atoms with Gasteiger partial charge >= 0.3 is 5.91 Å². The standard InChI is InChI=1S/C8H8N2O2/c11-8(7-9-3-6-12-7)10-4-1-2-5-10/h1-2,4-5H,3,6H2. The van der Waals surface area contributed by atoms with Crippen LogP contribution in [0, 0.1) is 0 Å². The molecule has 0 radical (unpaired) electrons. The van der Waals surface area contributed by atoms with Gasteiger partial charge in [0.1, 0.15) is 6.61 Å². The highest BCUT2D eigenvalue weighted by Gasteiger charge is 2.17. The van der Waals surface area contributed by atoms with Crippen molar-refractivity contribution in [3.05, 3.63) is 24.5 Å². The number of carbonyl (C=O) groups excluding carboxylic acids is 1. The van der Waals surface area contributed by atoms with E-state index in [2.05, 4.69) is 4.99 Å². The van der Waals surface area contributed by atoms with Gasteiger partial charge in [-0.3, -0.25) is 9.36 Å². The highest BCUT2D eigenvalue weighted by molar-refractivity contribution is 6.36. The first-order chi connectivity index (χ1) is 5.88. The molecule has 0 amide bonds. The molecular weight excluding hydrogens is 156 g/mol. The van der Waals surface area contributed by atoms with Crippen LogP contribution in [0.15, 0.2) is 29.5 Å². The lowest BCUT2D eigenvalue weighted by molar-refractivity contribution is 0.0960. The van der Waals surface area contributed by atoms with Crippen molar-refractivity contribution in [2.24, 2.45) is 4.99 Å². The molecule has 1 aliphatic rings. The summed E-state index contributed by atoms with van der Waals surface area (Å²) in [6.45, 7) is 1.10. The molecule has 4 nitrogen and oxygen atoms in total. The zero-order valence-electron chi connectivity index (χ0n) is 6.43. The Morgan fingerprint density at radius 1 is 1.50 bits per heavy atom. The summed E-state index contributed by atoms with van der Waals surface area (Å²) in [5.74, 6) is 0.0173. The zero-order valence-corrected chi connectivity index (χ0v) is 6.43. The lowest BCUT2D eigenvalue weighted by Gasteiger charge is -1.99. The normalized spacial score (nSPS) is 15.5. The largest absolute Gasteiger partial charge is 0.472 e. The van der Waals surface area contributed by atoms with E-state index in [-0.39, 0.29) is 11.8 Å². The van der Waals surface area contributed by atoms with Crippen molar-refractivity contribution in [3.63, 3.8) is 0 Å². The number of hydrogen-bond acceptors (Lipinski definition) is 3. The molecule has 1 aromatic heterocycles. The van der Waals surface area contributed by atoms with Gasteiger partial charge in [0.05, 0.1) is 6.54 Å². The Balaban J connectivity index is 2.20. The van der Waals surface area contributed by atoms with E-state index in [1.165, 1.54) is 4.57 Å². The summed E-state index contributed by atoms with van der Waals surface area (Å²) in [4.78, 5) is 15.3. The molecule has 1 aliphatic heterocycles. The summed E-state index contributed by atoms with van der Waals surface area (Å²) in [7, 11) is 0. The highest BCUT2D eigenvalue weighted by atomic mass is 16.5. The van der Waals surface area contributed by atoms with E-state index in [0.717, 1.165) is 0 Å². The van der Waals surface area contributed by atoms with Gasteiger partial charge in [0.2, 0.25) is 0 Å². The van der Waals surface area contributed by atoms with Gasteiger partial charge in [0.25, 0.3) is 5.90 Å². The van der Waals surface area contributed by atoms with Crippen LogP contribution in [0.1, 0.15) is 4.79 Å². The SMILES string of the molecule is O=C(C1=NCCO1)n1cccc1. The molecule has 2 rings (SSSR count). The molecule has 1 aromatic rings. The van der Waals surface area contributed by atoms with Crippen LogP contribution < -0.4 is 0 Å². The fourth-order valence-electron chi connectivity index (χ4n) is 1.04. The summed E-state index contributed by atoms with van der Waals surface area (Å²) in [5, 5.41) is 0. The third-order valence-corrected chi connectivity index (χ3v) is 1.61. The molecule has 0 aromatic carbocycles.